The molecule has 2 aliphatic rings. The number of halogens is 1. The second-order valence-electron chi connectivity index (χ2n) is 6.89. The van der Waals surface area contributed by atoms with Crippen LogP contribution in [0, 0.1) is 11.3 Å². The highest BCUT2D eigenvalue weighted by atomic mass is 35.5. The molecule has 0 saturated carbocycles. The second-order valence-corrected chi connectivity index (χ2v) is 6.89. The monoisotopic (exact) mass is 320 g/mol. The Morgan fingerprint density at radius 1 is 1.33 bits per heavy atom. The number of carbonyl (C=O) groups is 1. The molecule has 0 aliphatic carbocycles. The van der Waals surface area contributed by atoms with Crippen molar-refractivity contribution in [3.05, 3.63) is 0 Å². The first-order valence-electron chi connectivity index (χ1n) is 7.69. The summed E-state index contributed by atoms with van der Waals surface area (Å²) in [5.41, 5.74) is 0.113. The first-order valence-corrected chi connectivity index (χ1v) is 7.69. The highest BCUT2D eigenvalue weighted by Crippen LogP contribution is 2.33. The van der Waals surface area contributed by atoms with Crippen LogP contribution in [0.2, 0.25) is 0 Å². The summed E-state index contributed by atoms with van der Waals surface area (Å²) in [5, 5.41) is 6.24. The molecule has 6 heteroatoms. The summed E-state index contributed by atoms with van der Waals surface area (Å²) in [4.78, 5) is 12.1. The average molecular weight is 321 g/mol. The summed E-state index contributed by atoms with van der Waals surface area (Å²) in [6.45, 7) is 10.0. The smallest absolute Gasteiger partial charge is 0.239 e. The van der Waals surface area contributed by atoms with Crippen molar-refractivity contribution in [2.75, 3.05) is 32.9 Å². The maximum absolute atomic E-state index is 12.1. The molecule has 21 heavy (non-hydrogen) atoms. The van der Waals surface area contributed by atoms with Gasteiger partial charge < -0.3 is 20.1 Å². The molecule has 0 bridgehead atoms. The van der Waals surface area contributed by atoms with E-state index in [1.165, 1.54) is 0 Å². The molecule has 3 unspecified atom stereocenters. The Hall–Kier alpha value is -0.360. The first kappa shape index (κ1) is 18.7. The fourth-order valence-electron chi connectivity index (χ4n) is 3.10. The van der Waals surface area contributed by atoms with Gasteiger partial charge in [-0.05, 0) is 18.3 Å². The minimum Gasteiger partial charge on any atom is -0.378 e. The SMILES string of the molecule is CC(C)(C)C1OCCCC1CNC(=O)C1COCCN1.Cl. The van der Waals surface area contributed by atoms with Crippen molar-refractivity contribution in [3.8, 4) is 0 Å². The Kier molecular flexibility index (Phi) is 7.40. The molecule has 124 valence electrons. The summed E-state index contributed by atoms with van der Waals surface area (Å²) >= 11 is 0. The lowest BCUT2D eigenvalue weighted by Gasteiger charge is -2.40. The van der Waals surface area contributed by atoms with Gasteiger partial charge in [-0.25, -0.2) is 0 Å². The van der Waals surface area contributed by atoms with Gasteiger partial charge in [-0.1, -0.05) is 20.8 Å². The molecule has 2 saturated heterocycles. The second kappa shape index (κ2) is 8.32. The standard InChI is InChI=1S/C15H28N2O3.ClH/c1-15(2,3)13-11(5-4-7-20-13)9-17-14(18)12-10-19-8-6-16-12;/h11-13,16H,4-10H2,1-3H3,(H,17,18);1H. The van der Waals surface area contributed by atoms with E-state index in [0.717, 1.165) is 26.0 Å². The number of nitrogens with one attached hydrogen (secondary N) is 2. The number of amides is 1. The van der Waals surface area contributed by atoms with E-state index in [9.17, 15) is 4.79 Å². The summed E-state index contributed by atoms with van der Waals surface area (Å²) in [6.07, 6.45) is 2.42. The molecule has 2 heterocycles. The quantitative estimate of drug-likeness (QED) is 0.824. The topological polar surface area (TPSA) is 59.6 Å². The minimum absolute atomic E-state index is 0. The highest BCUT2D eigenvalue weighted by Gasteiger charge is 2.35. The Morgan fingerprint density at radius 2 is 2.10 bits per heavy atom. The zero-order chi connectivity index (χ0) is 14.6. The molecule has 2 rings (SSSR count). The van der Waals surface area contributed by atoms with E-state index in [2.05, 4.69) is 31.4 Å². The third kappa shape index (κ3) is 5.40. The predicted molar refractivity (Wildman–Crippen MR) is 84.8 cm³/mol. The van der Waals surface area contributed by atoms with E-state index in [1.807, 2.05) is 0 Å². The molecule has 2 N–H and O–H groups in total. The lowest BCUT2D eigenvalue weighted by atomic mass is 9.78. The molecular formula is C15H29ClN2O3. The highest BCUT2D eigenvalue weighted by molar-refractivity contribution is 5.85. The van der Waals surface area contributed by atoms with Crippen LogP contribution in [0.5, 0.6) is 0 Å². The summed E-state index contributed by atoms with van der Waals surface area (Å²) in [7, 11) is 0. The van der Waals surface area contributed by atoms with Crippen molar-refractivity contribution < 1.29 is 14.3 Å². The van der Waals surface area contributed by atoms with Crippen molar-refractivity contribution in [1.82, 2.24) is 10.6 Å². The number of hydrogen-bond acceptors (Lipinski definition) is 4. The van der Waals surface area contributed by atoms with Crippen LogP contribution in [0.4, 0.5) is 0 Å². The molecule has 0 spiro atoms. The fourth-order valence-corrected chi connectivity index (χ4v) is 3.10. The lowest BCUT2D eigenvalue weighted by Crippen LogP contribution is -2.53. The van der Waals surface area contributed by atoms with E-state index in [0.29, 0.717) is 25.7 Å². The third-order valence-electron chi connectivity index (χ3n) is 4.07. The summed E-state index contributed by atoms with van der Waals surface area (Å²) in [5.74, 6) is 0.445. The number of morpholine rings is 1. The molecule has 3 atom stereocenters. The molecular weight excluding hydrogens is 292 g/mol. The molecule has 0 aromatic rings. The van der Waals surface area contributed by atoms with Crippen molar-refractivity contribution >= 4 is 18.3 Å². The van der Waals surface area contributed by atoms with Gasteiger partial charge in [-0.2, -0.15) is 0 Å². The fraction of sp³-hybridized carbons (Fsp3) is 0.933. The summed E-state index contributed by atoms with van der Waals surface area (Å²) in [6, 6.07) is -0.207. The van der Waals surface area contributed by atoms with Crippen LogP contribution < -0.4 is 10.6 Å². The molecule has 0 aromatic carbocycles. The van der Waals surface area contributed by atoms with Crippen LogP contribution in [-0.2, 0) is 14.3 Å². The van der Waals surface area contributed by atoms with Gasteiger partial charge in [0.2, 0.25) is 5.91 Å². The van der Waals surface area contributed by atoms with Crippen LogP contribution in [0.3, 0.4) is 0 Å². The average Bonchev–Trinajstić information content (AvgIpc) is 2.45. The number of ether oxygens (including phenoxy) is 2. The predicted octanol–water partition coefficient (Wildman–Crippen LogP) is 1.35. The Bertz CT molecular complexity index is 327. The van der Waals surface area contributed by atoms with Gasteiger partial charge in [0.05, 0.1) is 19.3 Å². The van der Waals surface area contributed by atoms with Crippen molar-refractivity contribution in [3.63, 3.8) is 0 Å². The van der Waals surface area contributed by atoms with Crippen LogP contribution >= 0.6 is 12.4 Å². The molecule has 0 aromatic heterocycles. The molecule has 2 fully saturated rings. The van der Waals surface area contributed by atoms with Crippen LogP contribution in [-0.4, -0.2) is 51.0 Å². The number of rotatable bonds is 3. The van der Waals surface area contributed by atoms with Crippen LogP contribution in [0.15, 0.2) is 0 Å². The van der Waals surface area contributed by atoms with Gasteiger partial charge in [0, 0.05) is 25.6 Å². The van der Waals surface area contributed by atoms with Crippen LogP contribution in [0.1, 0.15) is 33.6 Å². The van der Waals surface area contributed by atoms with E-state index in [1.54, 1.807) is 0 Å². The minimum atomic E-state index is -0.207. The Morgan fingerprint density at radius 3 is 2.71 bits per heavy atom. The van der Waals surface area contributed by atoms with Gasteiger partial charge >= 0.3 is 0 Å². The normalized spacial score (nSPS) is 30.3. The van der Waals surface area contributed by atoms with Crippen molar-refractivity contribution in [2.24, 2.45) is 11.3 Å². The van der Waals surface area contributed by atoms with Gasteiger partial charge in [0.15, 0.2) is 0 Å². The molecule has 1 amide bonds. The van der Waals surface area contributed by atoms with Gasteiger partial charge in [-0.15, -0.1) is 12.4 Å². The van der Waals surface area contributed by atoms with E-state index >= 15 is 0 Å². The summed E-state index contributed by atoms with van der Waals surface area (Å²) < 4.78 is 11.3. The maximum Gasteiger partial charge on any atom is 0.239 e. The third-order valence-corrected chi connectivity index (χ3v) is 4.07. The first-order chi connectivity index (χ1) is 9.48. The number of carbonyl (C=O) groups excluding carboxylic acids is 1. The van der Waals surface area contributed by atoms with Gasteiger partial charge in [0.25, 0.3) is 0 Å². The molecule has 0 radical (unpaired) electrons. The molecule has 2 aliphatic heterocycles. The lowest BCUT2D eigenvalue weighted by molar-refractivity contribution is -0.127. The van der Waals surface area contributed by atoms with Gasteiger partial charge in [-0.3, -0.25) is 4.79 Å². The van der Waals surface area contributed by atoms with E-state index in [4.69, 9.17) is 9.47 Å². The number of hydrogen-bond donors (Lipinski definition) is 2. The Balaban J connectivity index is 0.00000220. The maximum atomic E-state index is 12.1. The zero-order valence-electron chi connectivity index (χ0n) is 13.3. The van der Waals surface area contributed by atoms with E-state index < -0.39 is 0 Å². The van der Waals surface area contributed by atoms with Crippen molar-refractivity contribution in [1.29, 1.82) is 0 Å². The largest absolute Gasteiger partial charge is 0.378 e. The van der Waals surface area contributed by atoms with E-state index in [-0.39, 0.29) is 35.9 Å². The van der Waals surface area contributed by atoms with Gasteiger partial charge in [0.1, 0.15) is 6.04 Å². The molecule has 5 nitrogen and oxygen atoms in total. The zero-order valence-corrected chi connectivity index (χ0v) is 14.1. The Labute approximate surface area is 133 Å². The van der Waals surface area contributed by atoms with Crippen LogP contribution in [0.25, 0.3) is 0 Å². The van der Waals surface area contributed by atoms with Crippen molar-refractivity contribution in [2.45, 2.75) is 45.8 Å².